The zero-order valence-electron chi connectivity index (χ0n) is 16.9. The summed E-state index contributed by atoms with van der Waals surface area (Å²) < 4.78 is 55.2. The van der Waals surface area contributed by atoms with Crippen molar-refractivity contribution in [3.05, 3.63) is 66.0 Å². The van der Waals surface area contributed by atoms with Crippen molar-refractivity contribution in [3.63, 3.8) is 0 Å². The van der Waals surface area contributed by atoms with E-state index in [1.54, 1.807) is 24.1 Å². The number of carbonyl (C=O) groups is 1. The van der Waals surface area contributed by atoms with E-state index in [-0.39, 0.29) is 23.7 Å². The van der Waals surface area contributed by atoms with Crippen LogP contribution in [-0.4, -0.2) is 30.5 Å². The fourth-order valence-electron chi connectivity index (χ4n) is 4.20. The Labute approximate surface area is 177 Å². The first-order valence-corrected chi connectivity index (χ1v) is 10.1. The average Bonchev–Trinajstić information content (AvgIpc) is 3.47. The molecule has 0 bridgehead atoms. The van der Waals surface area contributed by atoms with Gasteiger partial charge in [-0.3, -0.25) is 9.80 Å². The van der Waals surface area contributed by atoms with E-state index in [4.69, 9.17) is 5.10 Å². The molecule has 2 aliphatic rings. The maximum atomic E-state index is 13.5. The van der Waals surface area contributed by atoms with Gasteiger partial charge in [-0.25, -0.2) is 4.39 Å². The van der Waals surface area contributed by atoms with E-state index < -0.39 is 24.7 Å². The molecule has 0 aromatic heterocycles. The normalized spacial score (nSPS) is 20.5. The summed E-state index contributed by atoms with van der Waals surface area (Å²) in [5.41, 5.74) is 2.22. The molecule has 1 fully saturated rings. The lowest BCUT2D eigenvalue weighted by atomic mass is 9.83. The predicted molar refractivity (Wildman–Crippen MR) is 108 cm³/mol. The Morgan fingerprint density at radius 1 is 1.16 bits per heavy atom. The highest BCUT2D eigenvalue weighted by Gasteiger charge is 2.60. The zero-order valence-corrected chi connectivity index (χ0v) is 16.9. The lowest BCUT2D eigenvalue weighted by molar-refractivity contribution is -0.189. The molecular weight excluding hydrogens is 412 g/mol. The molecular formula is C23H22F4N2O2. The molecule has 2 aromatic rings. The smallest absolute Gasteiger partial charge is 0.422 e. The topological polar surface area (TPSA) is 41.9 Å². The summed E-state index contributed by atoms with van der Waals surface area (Å²) in [6.45, 7) is -0.0302. The van der Waals surface area contributed by atoms with Crippen molar-refractivity contribution < 1.29 is 27.1 Å². The van der Waals surface area contributed by atoms with Gasteiger partial charge in [0.15, 0.2) is 6.61 Å². The second-order valence-electron chi connectivity index (χ2n) is 8.17. The van der Waals surface area contributed by atoms with E-state index in [9.17, 15) is 22.4 Å². The molecule has 2 aromatic carbocycles. The monoisotopic (exact) mass is 434 g/mol. The summed E-state index contributed by atoms with van der Waals surface area (Å²) in [6.07, 6.45) is -2.58. The number of nitrogens with zero attached hydrogens (tertiary/aromatic N) is 2. The molecule has 31 heavy (non-hydrogen) atoms. The van der Waals surface area contributed by atoms with Crippen LogP contribution in [0.1, 0.15) is 31.7 Å². The molecule has 0 saturated heterocycles. The lowest BCUT2D eigenvalue weighted by Crippen LogP contribution is -2.38. The Kier molecular flexibility index (Phi) is 5.49. The molecule has 1 aliphatic heterocycles. The highest BCUT2D eigenvalue weighted by atomic mass is 19.4. The first kappa shape index (κ1) is 21.3. The van der Waals surface area contributed by atoms with Crippen LogP contribution in [0.5, 0.6) is 0 Å². The van der Waals surface area contributed by atoms with Crippen molar-refractivity contribution in [1.29, 1.82) is 0 Å². The number of rotatable bonds is 6. The van der Waals surface area contributed by atoms with E-state index in [1.165, 1.54) is 12.1 Å². The van der Waals surface area contributed by atoms with Gasteiger partial charge in [-0.15, -0.1) is 0 Å². The standard InChI is InChI=1S/C23H22F4N2O2/c1-15(21(30)31-14-23(25,26)27)13-19-22(11-12-22)20(16-5-3-2-4-6-16)28-29(19)18-9-7-17(24)8-10-18/h2-10,15,19H,11-14H2,1H3. The molecule has 1 aliphatic carbocycles. The van der Waals surface area contributed by atoms with Crippen LogP contribution in [0.4, 0.5) is 23.2 Å². The minimum atomic E-state index is -4.57. The van der Waals surface area contributed by atoms with Crippen molar-refractivity contribution in [3.8, 4) is 0 Å². The highest BCUT2D eigenvalue weighted by Crippen LogP contribution is 2.58. The quantitative estimate of drug-likeness (QED) is 0.456. The number of ether oxygens (including phenoxy) is 1. The first-order valence-electron chi connectivity index (χ1n) is 10.1. The van der Waals surface area contributed by atoms with Crippen LogP contribution in [0.2, 0.25) is 0 Å². The third-order valence-corrected chi connectivity index (χ3v) is 5.90. The zero-order chi connectivity index (χ0) is 22.2. The molecule has 2 atom stereocenters. The summed E-state index contributed by atoms with van der Waals surface area (Å²) in [6, 6.07) is 15.3. The Morgan fingerprint density at radius 3 is 2.39 bits per heavy atom. The van der Waals surface area contributed by atoms with Gasteiger partial charge in [0.25, 0.3) is 0 Å². The van der Waals surface area contributed by atoms with Crippen LogP contribution in [0.3, 0.4) is 0 Å². The molecule has 1 spiro atoms. The van der Waals surface area contributed by atoms with Gasteiger partial charge in [-0.1, -0.05) is 37.3 Å². The van der Waals surface area contributed by atoms with E-state index in [2.05, 4.69) is 4.74 Å². The molecule has 1 heterocycles. The van der Waals surface area contributed by atoms with Crippen LogP contribution in [0.25, 0.3) is 0 Å². The van der Waals surface area contributed by atoms with Gasteiger partial charge in [-0.2, -0.15) is 18.3 Å². The second kappa shape index (κ2) is 7.98. The molecule has 4 nitrogen and oxygen atoms in total. The van der Waals surface area contributed by atoms with Gasteiger partial charge in [0.1, 0.15) is 5.82 Å². The van der Waals surface area contributed by atoms with Gasteiger partial charge in [0.05, 0.1) is 23.4 Å². The second-order valence-corrected chi connectivity index (χ2v) is 8.17. The number of alkyl halides is 3. The minimum Gasteiger partial charge on any atom is -0.456 e. The summed E-state index contributed by atoms with van der Waals surface area (Å²) >= 11 is 0. The molecule has 1 saturated carbocycles. The fourth-order valence-corrected chi connectivity index (χ4v) is 4.20. The number of hydrogen-bond acceptors (Lipinski definition) is 4. The van der Waals surface area contributed by atoms with E-state index >= 15 is 0 Å². The molecule has 0 N–H and O–H groups in total. The molecule has 164 valence electrons. The lowest BCUT2D eigenvalue weighted by Gasteiger charge is -2.30. The molecule has 0 radical (unpaired) electrons. The van der Waals surface area contributed by atoms with Gasteiger partial charge in [-0.05, 0) is 49.1 Å². The van der Waals surface area contributed by atoms with Crippen molar-refractivity contribution in [2.75, 3.05) is 11.6 Å². The Morgan fingerprint density at radius 2 is 1.81 bits per heavy atom. The largest absolute Gasteiger partial charge is 0.456 e. The molecule has 0 amide bonds. The summed E-state index contributed by atoms with van der Waals surface area (Å²) in [5, 5.41) is 6.63. The Bertz CT molecular complexity index is 969. The number of anilines is 1. The maximum Gasteiger partial charge on any atom is 0.422 e. The highest BCUT2D eigenvalue weighted by molar-refractivity contribution is 6.09. The van der Waals surface area contributed by atoms with Crippen LogP contribution in [0, 0.1) is 17.2 Å². The van der Waals surface area contributed by atoms with Crippen LogP contribution >= 0.6 is 0 Å². The van der Waals surface area contributed by atoms with E-state index in [0.717, 1.165) is 24.1 Å². The van der Waals surface area contributed by atoms with Gasteiger partial charge < -0.3 is 4.74 Å². The number of halogens is 4. The average molecular weight is 434 g/mol. The molecule has 4 rings (SSSR count). The molecule has 2 unspecified atom stereocenters. The van der Waals surface area contributed by atoms with Crippen molar-refractivity contribution in [2.24, 2.45) is 16.4 Å². The van der Waals surface area contributed by atoms with Crippen molar-refractivity contribution >= 4 is 17.4 Å². The Balaban J connectivity index is 1.62. The number of benzene rings is 2. The van der Waals surface area contributed by atoms with E-state index in [1.807, 2.05) is 30.3 Å². The van der Waals surface area contributed by atoms with E-state index in [0.29, 0.717) is 5.69 Å². The van der Waals surface area contributed by atoms with Crippen LogP contribution in [0.15, 0.2) is 59.7 Å². The minimum absolute atomic E-state index is 0.249. The predicted octanol–water partition coefficient (Wildman–Crippen LogP) is 5.33. The number of hydrazone groups is 1. The van der Waals surface area contributed by atoms with Gasteiger partial charge in [0, 0.05) is 5.41 Å². The first-order chi connectivity index (χ1) is 14.7. The third-order valence-electron chi connectivity index (χ3n) is 5.90. The maximum absolute atomic E-state index is 13.5. The van der Waals surface area contributed by atoms with Gasteiger partial charge >= 0.3 is 12.1 Å². The van der Waals surface area contributed by atoms with Crippen LogP contribution in [-0.2, 0) is 9.53 Å². The SMILES string of the molecule is CC(CC1N(c2ccc(F)cc2)N=C(c2ccccc2)C12CC2)C(=O)OCC(F)(F)F. The fraction of sp³-hybridized carbons (Fsp3) is 0.391. The van der Waals surface area contributed by atoms with Crippen molar-refractivity contribution in [2.45, 2.75) is 38.4 Å². The van der Waals surface area contributed by atoms with Crippen molar-refractivity contribution in [1.82, 2.24) is 0 Å². The summed E-state index contributed by atoms with van der Waals surface area (Å²) in [4.78, 5) is 12.2. The van der Waals surface area contributed by atoms with Crippen LogP contribution < -0.4 is 5.01 Å². The third kappa shape index (κ3) is 4.43. The summed E-state index contributed by atoms with van der Waals surface area (Å²) in [5.74, 6) is -2.02. The summed E-state index contributed by atoms with van der Waals surface area (Å²) in [7, 11) is 0. The number of carbonyl (C=O) groups excluding carboxylic acids is 1. The number of esters is 1. The Hall–Kier alpha value is -2.90. The number of hydrogen-bond donors (Lipinski definition) is 0. The molecule has 8 heteroatoms. The van der Waals surface area contributed by atoms with Gasteiger partial charge in [0.2, 0.25) is 0 Å².